The highest BCUT2D eigenvalue weighted by Crippen LogP contribution is 2.52. The molecule has 0 aliphatic carbocycles. The van der Waals surface area contributed by atoms with Crippen LogP contribution in [0.5, 0.6) is 0 Å². The Balaban J connectivity index is 0.00000128. The molecule has 1 nitrogen and oxygen atoms in total. The molecule has 0 saturated carbocycles. The smallest absolute Gasteiger partial charge is 0.0468 e. The van der Waals surface area contributed by atoms with E-state index in [0.29, 0.717) is 0 Å². The van der Waals surface area contributed by atoms with Gasteiger partial charge in [0.2, 0.25) is 0 Å². The zero-order valence-corrected chi connectivity index (χ0v) is 24.2. The predicted octanol–water partition coefficient (Wildman–Crippen LogP) is 12.6. The van der Waals surface area contributed by atoms with Crippen molar-refractivity contribution < 1.29 is 0 Å². The summed E-state index contributed by atoms with van der Waals surface area (Å²) in [5, 5.41) is 19.1. The molecule has 0 spiro atoms. The lowest BCUT2D eigenvalue weighted by molar-refractivity contribution is 1.29. The average molecular weight is 548 g/mol. The second kappa shape index (κ2) is 9.05. The minimum Gasteiger partial charge on any atom is -0.310 e. The highest BCUT2D eigenvalue weighted by molar-refractivity contribution is 6.47. The van der Waals surface area contributed by atoms with E-state index in [1.807, 2.05) is 13.8 Å². The number of benzene rings is 8. The van der Waals surface area contributed by atoms with Crippen LogP contribution in [0.15, 0.2) is 140 Å². The molecule has 1 heteroatoms. The number of nitrogens with zero attached hydrogens (tertiary/aromatic N) is 1. The third-order valence-corrected chi connectivity index (χ3v) is 9.22. The minimum absolute atomic E-state index is 1.15. The lowest BCUT2D eigenvalue weighted by Gasteiger charge is -2.25. The van der Waals surface area contributed by atoms with Crippen LogP contribution in [-0.4, -0.2) is 0 Å². The molecule has 0 N–H and O–H groups in total. The third-order valence-electron chi connectivity index (χ3n) is 9.22. The molecular weight excluding hydrogens is 518 g/mol. The number of para-hydroxylation sites is 2. The first-order valence-corrected chi connectivity index (χ1v) is 15.3. The molecule has 0 amide bonds. The lowest BCUT2D eigenvalue weighted by Crippen LogP contribution is -2.09. The fourth-order valence-corrected chi connectivity index (χ4v) is 7.60. The zero-order valence-electron chi connectivity index (χ0n) is 24.2. The van der Waals surface area contributed by atoms with Crippen molar-refractivity contribution in [2.75, 3.05) is 4.90 Å². The summed E-state index contributed by atoms with van der Waals surface area (Å²) in [7, 11) is 0. The van der Waals surface area contributed by atoms with Gasteiger partial charge in [-0.1, -0.05) is 98.8 Å². The summed E-state index contributed by atoms with van der Waals surface area (Å²) in [6.07, 6.45) is 0. The number of rotatable bonds is 3. The van der Waals surface area contributed by atoms with Crippen molar-refractivity contribution in [2.45, 2.75) is 13.8 Å². The van der Waals surface area contributed by atoms with Gasteiger partial charge in [0.15, 0.2) is 0 Å². The van der Waals surface area contributed by atoms with E-state index in [-0.39, 0.29) is 0 Å². The molecule has 10 aromatic rings. The van der Waals surface area contributed by atoms with Gasteiger partial charge in [0.1, 0.15) is 0 Å². The molecule has 0 aliphatic rings. The van der Waals surface area contributed by atoms with Gasteiger partial charge in [-0.25, -0.2) is 0 Å². The third kappa shape index (κ3) is 3.22. The van der Waals surface area contributed by atoms with Crippen LogP contribution in [-0.2, 0) is 0 Å². The van der Waals surface area contributed by atoms with Gasteiger partial charge in [-0.3, -0.25) is 0 Å². The van der Waals surface area contributed by atoms with E-state index in [4.69, 9.17) is 0 Å². The first kappa shape index (κ1) is 24.2. The molecule has 10 rings (SSSR count). The minimum atomic E-state index is 1.15. The average Bonchev–Trinajstić information content (AvgIpc) is 3.57. The highest BCUT2D eigenvalue weighted by Gasteiger charge is 2.23. The van der Waals surface area contributed by atoms with Crippen molar-refractivity contribution >= 4 is 92.5 Å². The maximum absolute atomic E-state index is 2.47. The summed E-state index contributed by atoms with van der Waals surface area (Å²) in [5.74, 6) is 0. The summed E-state index contributed by atoms with van der Waals surface area (Å²) in [4.78, 5) is 2.36. The van der Waals surface area contributed by atoms with Crippen LogP contribution < -0.4 is 4.90 Å². The Morgan fingerprint density at radius 1 is 0.302 bits per heavy atom. The molecule has 10 aromatic carbocycles. The Morgan fingerprint density at radius 2 is 0.791 bits per heavy atom. The summed E-state index contributed by atoms with van der Waals surface area (Å²) in [5.41, 5.74) is 3.48. The largest absolute Gasteiger partial charge is 0.310 e. The Kier molecular flexibility index (Phi) is 5.10. The van der Waals surface area contributed by atoms with Crippen molar-refractivity contribution in [1.82, 2.24) is 0 Å². The summed E-state index contributed by atoms with van der Waals surface area (Å²) >= 11 is 0. The van der Waals surface area contributed by atoms with Gasteiger partial charge in [0.05, 0.1) is 0 Å². The fourth-order valence-electron chi connectivity index (χ4n) is 7.60. The Morgan fingerprint density at radius 3 is 1.37 bits per heavy atom. The Hall–Kier alpha value is -5.40. The van der Waals surface area contributed by atoms with Crippen molar-refractivity contribution in [3.05, 3.63) is 140 Å². The predicted molar refractivity (Wildman–Crippen MR) is 189 cm³/mol. The van der Waals surface area contributed by atoms with Crippen LogP contribution in [0.4, 0.5) is 17.1 Å². The molecule has 0 saturated heterocycles. The van der Waals surface area contributed by atoms with Crippen LogP contribution in [0.25, 0.3) is 75.4 Å². The lowest BCUT2D eigenvalue weighted by atomic mass is 9.90. The van der Waals surface area contributed by atoms with Crippen LogP contribution in [0.2, 0.25) is 0 Å². The van der Waals surface area contributed by atoms with Crippen LogP contribution in [0.3, 0.4) is 0 Å². The summed E-state index contributed by atoms with van der Waals surface area (Å²) < 4.78 is 0. The van der Waals surface area contributed by atoms with Crippen molar-refractivity contribution in [2.24, 2.45) is 0 Å². The maximum atomic E-state index is 2.47. The van der Waals surface area contributed by atoms with E-state index in [0.717, 1.165) is 11.4 Å². The van der Waals surface area contributed by atoms with Crippen molar-refractivity contribution in [1.29, 1.82) is 0 Å². The first-order valence-electron chi connectivity index (χ1n) is 15.3. The molecule has 0 heterocycles. The molecule has 0 aromatic heterocycles. The van der Waals surface area contributed by atoms with Crippen LogP contribution in [0.1, 0.15) is 13.8 Å². The van der Waals surface area contributed by atoms with Gasteiger partial charge in [-0.15, -0.1) is 0 Å². The van der Waals surface area contributed by atoms with Gasteiger partial charge < -0.3 is 4.90 Å². The zero-order chi connectivity index (χ0) is 28.7. The summed E-state index contributed by atoms with van der Waals surface area (Å²) in [6.45, 7) is 4.00. The van der Waals surface area contributed by atoms with Gasteiger partial charge in [-0.05, 0) is 130 Å². The molecule has 0 fully saturated rings. The second-order valence-electron chi connectivity index (χ2n) is 11.3. The molecular formula is C42H29N. The van der Waals surface area contributed by atoms with Crippen LogP contribution in [0, 0.1) is 0 Å². The molecule has 0 bridgehead atoms. The Labute approximate surface area is 250 Å². The molecule has 0 atom stereocenters. The van der Waals surface area contributed by atoms with Gasteiger partial charge in [0.25, 0.3) is 0 Å². The summed E-state index contributed by atoms with van der Waals surface area (Å²) in [6, 6.07) is 51.4. The molecule has 0 radical (unpaired) electrons. The number of anilines is 3. The van der Waals surface area contributed by atoms with E-state index < -0.39 is 0 Å². The first-order chi connectivity index (χ1) is 21.3. The van der Waals surface area contributed by atoms with E-state index in [9.17, 15) is 0 Å². The van der Waals surface area contributed by atoms with Gasteiger partial charge in [0, 0.05) is 17.1 Å². The van der Waals surface area contributed by atoms with E-state index in [1.54, 1.807) is 0 Å². The number of fused-ring (bicyclic) bond motifs is 6. The van der Waals surface area contributed by atoms with Crippen molar-refractivity contribution in [3.8, 4) is 0 Å². The highest BCUT2D eigenvalue weighted by atomic mass is 15.1. The monoisotopic (exact) mass is 547 g/mol. The van der Waals surface area contributed by atoms with Crippen LogP contribution >= 0.6 is 0 Å². The molecule has 202 valence electrons. The molecule has 0 unspecified atom stereocenters. The standard InChI is InChI=1S/C40H23N.C2H6/c1-3-12-26(13-4-1)41(27-14-5-2-6-15-27)28-18-19-31-32(22-28)34-21-25-11-9-10-24-20-33-29-16-7-8-17-30(29)35-23-36(31)39(34)40(37(24)25)38(33)35;1-2/h1-23H;1-2H3. The van der Waals surface area contributed by atoms with Gasteiger partial charge in [-0.2, -0.15) is 0 Å². The number of hydrogen-bond acceptors (Lipinski definition) is 1. The van der Waals surface area contributed by atoms with E-state index in [1.165, 1.54) is 81.1 Å². The second-order valence-corrected chi connectivity index (χ2v) is 11.3. The maximum Gasteiger partial charge on any atom is 0.0468 e. The molecule has 43 heavy (non-hydrogen) atoms. The fraction of sp³-hybridized carbons (Fsp3) is 0.0476. The number of hydrogen-bond donors (Lipinski definition) is 0. The normalized spacial score (nSPS) is 12.0. The molecule has 0 aliphatic heterocycles. The Bertz CT molecular complexity index is 2520. The van der Waals surface area contributed by atoms with E-state index in [2.05, 4.69) is 144 Å². The van der Waals surface area contributed by atoms with Crippen molar-refractivity contribution in [3.63, 3.8) is 0 Å². The quantitative estimate of drug-likeness (QED) is 0.199. The van der Waals surface area contributed by atoms with Gasteiger partial charge >= 0.3 is 0 Å². The van der Waals surface area contributed by atoms with E-state index >= 15 is 0 Å². The SMILES string of the molecule is CC.c1ccc(N(c2ccccc2)c2ccc3c(c2)c2cc4cccc5cc6c7ccccc7c7cc3c2c(c54)c67)cc1. The topological polar surface area (TPSA) is 3.24 Å².